The second-order valence-electron chi connectivity index (χ2n) is 3.69. The van der Waals surface area contributed by atoms with E-state index in [1.54, 1.807) is 25.4 Å². The van der Waals surface area contributed by atoms with Gasteiger partial charge >= 0.3 is 0 Å². The van der Waals surface area contributed by atoms with Gasteiger partial charge in [0.2, 0.25) is 5.88 Å². The number of halogens is 2. The summed E-state index contributed by atoms with van der Waals surface area (Å²) in [6, 6.07) is 7.36. The molecular formula is C13H12BrClN2O2. The first-order valence-electron chi connectivity index (χ1n) is 5.61. The van der Waals surface area contributed by atoms with Crippen LogP contribution in [-0.2, 0) is 4.74 Å². The molecular weight excluding hydrogens is 332 g/mol. The van der Waals surface area contributed by atoms with Crippen molar-refractivity contribution >= 4 is 27.5 Å². The van der Waals surface area contributed by atoms with E-state index in [1.165, 1.54) is 0 Å². The largest absolute Gasteiger partial charge is 0.474 e. The molecule has 0 bridgehead atoms. The summed E-state index contributed by atoms with van der Waals surface area (Å²) in [6.07, 6.45) is 1.60. The fourth-order valence-electron chi connectivity index (χ4n) is 1.48. The van der Waals surface area contributed by atoms with Gasteiger partial charge in [-0.3, -0.25) is 0 Å². The minimum Gasteiger partial charge on any atom is -0.474 e. The van der Waals surface area contributed by atoms with E-state index in [2.05, 4.69) is 25.9 Å². The third-order valence-electron chi connectivity index (χ3n) is 2.35. The molecule has 0 aliphatic carbocycles. The average molecular weight is 344 g/mol. The van der Waals surface area contributed by atoms with Crippen molar-refractivity contribution in [3.8, 4) is 17.1 Å². The third-order valence-corrected chi connectivity index (χ3v) is 2.99. The molecule has 0 unspecified atom stereocenters. The Hall–Kier alpha value is -1.17. The van der Waals surface area contributed by atoms with Crippen molar-refractivity contribution in [2.45, 2.75) is 0 Å². The van der Waals surface area contributed by atoms with E-state index in [0.717, 1.165) is 5.56 Å². The minimum atomic E-state index is 0.424. The number of benzene rings is 1. The molecule has 100 valence electrons. The lowest BCUT2D eigenvalue weighted by atomic mass is 10.1. The van der Waals surface area contributed by atoms with Crippen molar-refractivity contribution in [1.29, 1.82) is 0 Å². The van der Waals surface area contributed by atoms with Crippen LogP contribution in [-0.4, -0.2) is 30.3 Å². The lowest BCUT2D eigenvalue weighted by Gasteiger charge is -2.09. The van der Waals surface area contributed by atoms with E-state index >= 15 is 0 Å². The molecule has 2 rings (SSSR count). The molecule has 1 heterocycles. The summed E-state index contributed by atoms with van der Waals surface area (Å²) in [5.74, 6) is 0.475. The number of aromatic nitrogens is 2. The predicted octanol–water partition coefficient (Wildman–Crippen LogP) is 3.58. The van der Waals surface area contributed by atoms with Gasteiger partial charge in [-0.05, 0) is 28.1 Å². The zero-order valence-corrected chi connectivity index (χ0v) is 12.6. The van der Waals surface area contributed by atoms with Crippen LogP contribution in [0.1, 0.15) is 0 Å². The summed E-state index contributed by atoms with van der Waals surface area (Å²) in [5.41, 5.74) is 1.56. The van der Waals surface area contributed by atoms with E-state index in [9.17, 15) is 0 Å². The highest BCUT2D eigenvalue weighted by Crippen LogP contribution is 2.28. The molecule has 4 nitrogen and oxygen atoms in total. The minimum absolute atomic E-state index is 0.424. The SMILES string of the molecule is COCCOc1ncc(Br)nc1-c1ccc(Cl)cc1. The highest BCUT2D eigenvalue weighted by molar-refractivity contribution is 9.10. The first-order chi connectivity index (χ1) is 9.20. The standard InChI is InChI=1S/C13H12BrClN2O2/c1-18-6-7-19-13-12(17-11(14)8-16-13)9-2-4-10(15)5-3-9/h2-5,8H,6-7H2,1H3. The molecule has 0 spiro atoms. The van der Waals surface area contributed by atoms with Crippen LogP contribution in [0.4, 0.5) is 0 Å². The number of methoxy groups -OCH3 is 1. The Balaban J connectivity index is 2.31. The zero-order valence-electron chi connectivity index (χ0n) is 10.3. The van der Waals surface area contributed by atoms with Crippen molar-refractivity contribution in [3.63, 3.8) is 0 Å². The molecule has 0 aliphatic heterocycles. The number of hydrogen-bond donors (Lipinski definition) is 0. The molecule has 0 aliphatic rings. The number of hydrogen-bond acceptors (Lipinski definition) is 4. The maximum absolute atomic E-state index is 5.88. The Morgan fingerprint density at radius 1 is 1.21 bits per heavy atom. The molecule has 6 heteroatoms. The molecule has 0 N–H and O–H groups in total. The van der Waals surface area contributed by atoms with Gasteiger partial charge in [-0.1, -0.05) is 23.7 Å². The Morgan fingerprint density at radius 3 is 2.63 bits per heavy atom. The Morgan fingerprint density at radius 2 is 1.95 bits per heavy atom. The summed E-state index contributed by atoms with van der Waals surface area (Å²) in [6.45, 7) is 0.922. The van der Waals surface area contributed by atoms with Crippen molar-refractivity contribution in [2.24, 2.45) is 0 Å². The number of ether oxygens (including phenoxy) is 2. The molecule has 0 fully saturated rings. The van der Waals surface area contributed by atoms with Gasteiger partial charge in [-0.15, -0.1) is 0 Å². The third kappa shape index (κ3) is 3.89. The average Bonchev–Trinajstić information content (AvgIpc) is 2.41. The van der Waals surface area contributed by atoms with Crippen molar-refractivity contribution in [2.75, 3.05) is 20.3 Å². The summed E-state index contributed by atoms with van der Waals surface area (Å²) >= 11 is 9.19. The van der Waals surface area contributed by atoms with E-state index in [1.807, 2.05) is 12.1 Å². The van der Waals surface area contributed by atoms with Crippen LogP contribution >= 0.6 is 27.5 Å². The van der Waals surface area contributed by atoms with Crippen LogP contribution in [0.2, 0.25) is 5.02 Å². The topological polar surface area (TPSA) is 44.2 Å². The predicted molar refractivity (Wildman–Crippen MR) is 77.5 cm³/mol. The molecule has 0 saturated carbocycles. The lowest BCUT2D eigenvalue weighted by Crippen LogP contribution is -2.07. The van der Waals surface area contributed by atoms with Gasteiger partial charge in [0.05, 0.1) is 12.8 Å². The second kappa shape index (κ2) is 6.84. The maximum atomic E-state index is 5.88. The maximum Gasteiger partial charge on any atom is 0.240 e. The van der Waals surface area contributed by atoms with Gasteiger partial charge in [0.25, 0.3) is 0 Å². The molecule has 0 atom stereocenters. The van der Waals surface area contributed by atoms with Crippen molar-refractivity contribution in [3.05, 3.63) is 40.1 Å². The zero-order chi connectivity index (χ0) is 13.7. The number of rotatable bonds is 5. The van der Waals surface area contributed by atoms with Crippen LogP contribution in [0.3, 0.4) is 0 Å². The van der Waals surface area contributed by atoms with Gasteiger partial charge in [0.15, 0.2) is 0 Å². The highest BCUT2D eigenvalue weighted by Gasteiger charge is 2.11. The fraction of sp³-hybridized carbons (Fsp3) is 0.231. The van der Waals surface area contributed by atoms with Crippen LogP contribution in [0.5, 0.6) is 5.88 Å². The highest BCUT2D eigenvalue weighted by atomic mass is 79.9. The molecule has 1 aromatic heterocycles. The molecule has 0 amide bonds. The van der Waals surface area contributed by atoms with Gasteiger partial charge in [-0.25, -0.2) is 9.97 Å². The quantitative estimate of drug-likeness (QED) is 0.778. The van der Waals surface area contributed by atoms with Gasteiger partial charge in [0, 0.05) is 17.7 Å². The lowest BCUT2D eigenvalue weighted by molar-refractivity contribution is 0.144. The van der Waals surface area contributed by atoms with Crippen LogP contribution in [0.15, 0.2) is 35.1 Å². The normalized spacial score (nSPS) is 10.5. The van der Waals surface area contributed by atoms with E-state index in [-0.39, 0.29) is 0 Å². The van der Waals surface area contributed by atoms with Crippen molar-refractivity contribution < 1.29 is 9.47 Å². The fourth-order valence-corrected chi connectivity index (χ4v) is 1.89. The van der Waals surface area contributed by atoms with Crippen LogP contribution in [0.25, 0.3) is 11.3 Å². The molecule has 2 aromatic rings. The summed E-state index contributed by atoms with van der Waals surface area (Å²) in [4.78, 5) is 8.63. The molecule has 19 heavy (non-hydrogen) atoms. The Kier molecular flexibility index (Phi) is 5.13. The number of nitrogens with zero attached hydrogens (tertiary/aromatic N) is 2. The Labute approximate surface area is 124 Å². The smallest absolute Gasteiger partial charge is 0.240 e. The van der Waals surface area contributed by atoms with Gasteiger partial charge < -0.3 is 9.47 Å². The summed E-state index contributed by atoms with van der Waals surface area (Å²) in [5, 5.41) is 0.675. The van der Waals surface area contributed by atoms with Crippen LogP contribution in [0, 0.1) is 0 Å². The summed E-state index contributed by atoms with van der Waals surface area (Å²) in [7, 11) is 1.62. The Bertz CT molecular complexity index is 549. The van der Waals surface area contributed by atoms with Crippen LogP contribution < -0.4 is 4.74 Å². The monoisotopic (exact) mass is 342 g/mol. The molecule has 1 aromatic carbocycles. The van der Waals surface area contributed by atoms with Gasteiger partial charge in [0.1, 0.15) is 16.9 Å². The second-order valence-corrected chi connectivity index (χ2v) is 4.94. The first kappa shape index (κ1) is 14.2. The van der Waals surface area contributed by atoms with E-state index in [4.69, 9.17) is 21.1 Å². The van der Waals surface area contributed by atoms with E-state index < -0.39 is 0 Å². The van der Waals surface area contributed by atoms with E-state index in [0.29, 0.717) is 34.4 Å². The van der Waals surface area contributed by atoms with Gasteiger partial charge in [-0.2, -0.15) is 0 Å². The molecule has 0 saturated heterocycles. The van der Waals surface area contributed by atoms with Crippen molar-refractivity contribution in [1.82, 2.24) is 9.97 Å². The molecule has 0 radical (unpaired) electrons. The first-order valence-corrected chi connectivity index (χ1v) is 6.78. The summed E-state index contributed by atoms with van der Waals surface area (Å²) < 4.78 is 11.2.